The van der Waals surface area contributed by atoms with Crippen LogP contribution >= 0.6 is 0 Å². The summed E-state index contributed by atoms with van der Waals surface area (Å²) < 4.78 is 4.28. The Labute approximate surface area is 67.3 Å². The van der Waals surface area contributed by atoms with E-state index in [1.165, 1.54) is 0 Å². The minimum absolute atomic E-state index is 0.789. The van der Waals surface area contributed by atoms with Crippen LogP contribution in [0.5, 0.6) is 0 Å². The van der Waals surface area contributed by atoms with Crippen molar-refractivity contribution in [1.82, 2.24) is 0 Å². The number of hydrogen-bond acceptors (Lipinski definition) is 6. The lowest BCUT2D eigenvalue weighted by molar-refractivity contribution is -0.387. The molecule has 2 atom stereocenters. The Morgan fingerprint density at radius 1 is 1.58 bits per heavy atom. The first kappa shape index (κ1) is 8.82. The molecule has 3 N–H and O–H groups in total. The molecule has 6 heteroatoms. The Morgan fingerprint density at radius 2 is 2.17 bits per heavy atom. The van der Waals surface area contributed by atoms with E-state index in [4.69, 9.17) is 15.3 Å². The van der Waals surface area contributed by atoms with Gasteiger partial charge in [-0.3, -0.25) is 0 Å². The van der Waals surface area contributed by atoms with Crippen LogP contribution < -0.4 is 5.11 Å². The molecule has 0 aromatic heterocycles. The summed E-state index contributed by atoms with van der Waals surface area (Å²) in [5.41, 5.74) is 0. The molecule has 0 amide bonds. The smallest absolute Gasteiger partial charge is 0.377 e. The Morgan fingerprint density at radius 3 is 2.50 bits per heavy atom. The summed E-state index contributed by atoms with van der Waals surface area (Å²) in [5, 5.41) is 36.6. The van der Waals surface area contributed by atoms with Crippen LogP contribution in [0.25, 0.3) is 0 Å². The number of aliphatic hydroxyl groups is 3. The quantitative estimate of drug-likeness (QED) is 0.417. The maximum absolute atomic E-state index is 10.5. The molecule has 6 nitrogen and oxygen atoms in total. The highest BCUT2D eigenvalue weighted by atomic mass is 16.6. The normalized spacial score (nSPS) is 25.8. The van der Waals surface area contributed by atoms with Crippen LogP contribution in [0.3, 0.4) is 0 Å². The van der Waals surface area contributed by atoms with E-state index >= 15 is 0 Å². The molecule has 0 aromatic rings. The van der Waals surface area contributed by atoms with Gasteiger partial charge in [-0.15, -0.1) is 6.61 Å². The number of cyclic esters (lactones) is 1. The first-order valence-electron chi connectivity index (χ1n) is 3.17. The van der Waals surface area contributed by atoms with E-state index in [1.807, 2.05) is 0 Å². The molecule has 0 aliphatic carbocycles. The van der Waals surface area contributed by atoms with Crippen molar-refractivity contribution in [2.45, 2.75) is 12.2 Å². The fraction of sp³-hybridized carbons (Fsp3) is 0.500. The van der Waals surface area contributed by atoms with Gasteiger partial charge in [0.1, 0.15) is 0 Å². The molecule has 0 aromatic carbocycles. The van der Waals surface area contributed by atoms with Gasteiger partial charge in [-0.2, -0.15) is 0 Å². The maximum Gasteiger partial charge on any atom is 0.377 e. The molecule has 1 rings (SSSR count). The fourth-order valence-corrected chi connectivity index (χ4v) is 0.814. The molecule has 0 radical (unpaired) electrons. The summed E-state index contributed by atoms with van der Waals surface area (Å²) in [7, 11) is 0. The van der Waals surface area contributed by atoms with E-state index in [0.29, 0.717) is 0 Å². The monoisotopic (exact) mass is 175 g/mol. The molecule has 0 bridgehead atoms. The number of rotatable bonds is 2. The van der Waals surface area contributed by atoms with E-state index in [-0.39, 0.29) is 0 Å². The third-order valence-corrected chi connectivity index (χ3v) is 1.46. The Hall–Kier alpha value is -1.27. The number of carbonyl (C=O) groups excluding carboxylic acids is 1. The summed E-state index contributed by atoms with van der Waals surface area (Å²) in [6.45, 7) is -0.921. The predicted molar refractivity (Wildman–Crippen MR) is 33.0 cm³/mol. The van der Waals surface area contributed by atoms with Crippen molar-refractivity contribution in [3.63, 3.8) is 0 Å². The van der Waals surface area contributed by atoms with Crippen molar-refractivity contribution in [2.75, 3.05) is 6.61 Å². The summed E-state index contributed by atoms with van der Waals surface area (Å²) in [4.78, 5) is 10.5. The van der Waals surface area contributed by atoms with Gasteiger partial charge in [-0.25, -0.2) is 4.79 Å². The van der Waals surface area contributed by atoms with E-state index in [9.17, 15) is 9.90 Å². The summed E-state index contributed by atoms with van der Waals surface area (Å²) in [6, 6.07) is 0. The average molecular weight is 175 g/mol. The van der Waals surface area contributed by atoms with Gasteiger partial charge in [0.05, 0.1) is 6.10 Å². The average Bonchev–Trinajstić information content (AvgIpc) is 2.32. The second kappa shape index (κ2) is 3.00. The Bertz CT molecular complexity index is 232. The zero-order valence-corrected chi connectivity index (χ0v) is 5.93. The SMILES string of the molecule is O=C1O[C@H]([C@H](O)C[O-])C(O)=C1O. The van der Waals surface area contributed by atoms with Gasteiger partial charge in [-0.1, -0.05) is 0 Å². The van der Waals surface area contributed by atoms with Crippen LogP contribution in [0.15, 0.2) is 11.5 Å². The van der Waals surface area contributed by atoms with Crippen LogP contribution in [-0.2, 0) is 9.53 Å². The molecule has 0 saturated heterocycles. The molecule has 1 aliphatic heterocycles. The lowest BCUT2D eigenvalue weighted by Gasteiger charge is -2.19. The zero-order chi connectivity index (χ0) is 9.30. The predicted octanol–water partition coefficient (Wildman–Crippen LogP) is -2.04. The fourth-order valence-electron chi connectivity index (χ4n) is 0.814. The topological polar surface area (TPSA) is 110 Å². The number of hydrogen-bond donors (Lipinski definition) is 3. The van der Waals surface area contributed by atoms with E-state index < -0.39 is 36.3 Å². The van der Waals surface area contributed by atoms with Gasteiger partial charge in [-0.05, 0) is 0 Å². The number of esters is 1. The van der Waals surface area contributed by atoms with Crippen molar-refractivity contribution in [3.8, 4) is 0 Å². The first-order valence-corrected chi connectivity index (χ1v) is 3.17. The second-order valence-corrected chi connectivity index (χ2v) is 2.29. The van der Waals surface area contributed by atoms with Crippen molar-refractivity contribution in [3.05, 3.63) is 11.5 Å². The van der Waals surface area contributed by atoms with E-state index in [2.05, 4.69) is 4.74 Å². The molecule has 0 spiro atoms. The standard InChI is InChI=1S/C6H7O6/c7-1-2(8)5-3(9)4(10)6(11)12-5/h2,5,8-10H,1H2/q-1/t2-,5-/m1/s1. The van der Waals surface area contributed by atoms with Gasteiger partial charge < -0.3 is 25.2 Å². The van der Waals surface area contributed by atoms with Crippen LogP contribution in [0.2, 0.25) is 0 Å². The summed E-state index contributed by atoms with van der Waals surface area (Å²) in [6.07, 6.45) is -2.95. The molecular weight excluding hydrogens is 168 g/mol. The van der Waals surface area contributed by atoms with Gasteiger partial charge >= 0.3 is 5.97 Å². The molecule has 0 fully saturated rings. The van der Waals surface area contributed by atoms with Crippen LogP contribution in [0.4, 0.5) is 0 Å². The van der Waals surface area contributed by atoms with E-state index in [0.717, 1.165) is 0 Å². The number of carbonyl (C=O) groups is 1. The lowest BCUT2D eigenvalue weighted by Crippen LogP contribution is -2.36. The maximum atomic E-state index is 10.5. The first-order chi connectivity index (χ1) is 5.57. The second-order valence-electron chi connectivity index (χ2n) is 2.29. The van der Waals surface area contributed by atoms with Crippen molar-refractivity contribution >= 4 is 5.97 Å². The number of ether oxygens (including phenoxy) is 1. The highest BCUT2D eigenvalue weighted by molar-refractivity contribution is 5.89. The molecule has 0 unspecified atom stereocenters. The lowest BCUT2D eigenvalue weighted by atomic mass is 10.2. The highest BCUT2D eigenvalue weighted by Crippen LogP contribution is 2.20. The third-order valence-electron chi connectivity index (χ3n) is 1.46. The summed E-state index contributed by atoms with van der Waals surface area (Å²) >= 11 is 0. The van der Waals surface area contributed by atoms with Gasteiger partial charge in [0, 0.05) is 0 Å². The zero-order valence-electron chi connectivity index (χ0n) is 5.93. The van der Waals surface area contributed by atoms with Crippen molar-refractivity contribution in [2.24, 2.45) is 0 Å². The minimum atomic E-state index is -1.53. The minimum Gasteiger partial charge on any atom is -0.853 e. The third kappa shape index (κ3) is 1.21. The van der Waals surface area contributed by atoms with E-state index in [1.54, 1.807) is 0 Å². The molecule has 0 saturated carbocycles. The number of aliphatic hydroxyl groups excluding tert-OH is 3. The van der Waals surface area contributed by atoms with Crippen molar-refractivity contribution < 1.29 is 30.0 Å². The molecule has 12 heavy (non-hydrogen) atoms. The van der Waals surface area contributed by atoms with Gasteiger partial charge in [0.2, 0.25) is 5.76 Å². The molecule has 68 valence electrons. The van der Waals surface area contributed by atoms with Crippen LogP contribution in [0.1, 0.15) is 0 Å². The van der Waals surface area contributed by atoms with Gasteiger partial charge in [0.15, 0.2) is 11.9 Å². The van der Waals surface area contributed by atoms with Crippen molar-refractivity contribution in [1.29, 1.82) is 0 Å². The summed E-state index contributed by atoms with van der Waals surface area (Å²) in [5.74, 6) is -2.87. The van der Waals surface area contributed by atoms with Crippen LogP contribution in [0, 0.1) is 0 Å². The molecule has 1 aliphatic rings. The molecular formula is C6H7O6-. The highest BCUT2D eigenvalue weighted by Gasteiger charge is 2.37. The Balaban J connectivity index is 2.80. The van der Waals surface area contributed by atoms with Gasteiger partial charge in [0.25, 0.3) is 0 Å². The Kier molecular flexibility index (Phi) is 2.20. The largest absolute Gasteiger partial charge is 0.853 e. The van der Waals surface area contributed by atoms with Crippen LogP contribution in [-0.4, -0.2) is 40.1 Å². The molecule has 1 heterocycles.